The third kappa shape index (κ3) is 4.53. The number of hydrogen-bond donors (Lipinski definition) is 0. The largest absolute Gasteiger partial charge is 0.491 e. The minimum Gasteiger partial charge on any atom is -0.491 e. The molecule has 1 saturated heterocycles. The van der Waals surface area contributed by atoms with Crippen LogP contribution in [0, 0.1) is 0 Å². The number of ether oxygens (including phenoxy) is 2. The number of benzene rings is 1. The molecule has 3 nitrogen and oxygen atoms in total. The van der Waals surface area contributed by atoms with Crippen molar-refractivity contribution in [3.05, 3.63) is 34.8 Å². The van der Waals surface area contributed by atoms with Crippen LogP contribution in [0.1, 0.15) is 19.3 Å². The molecule has 1 aliphatic heterocycles. The van der Waals surface area contributed by atoms with Gasteiger partial charge in [0.1, 0.15) is 6.10 Å². The summed E-state index contributed by atoms with van der Waals surface area (Å²) in [6.07, 6.45) is 5.20. The van der Waals surface area contributed by atoms with Crippen molar-refractivity contribution in [2.75, 3.05) is 26.7 Å². The fourth-order valence-electron chi connectivity index (χ4n) is 2.61. The lowest BCUT2D eigenvalue weighted by Crippen LogP contribution is -2.26. The molecule has 116 valence electrons. The molecule has 1 aromatic rings. The van der Waals surface area contributed by atoms with E-state index in [9.17, 15) is 0 Å². The van der Waals surface area contributed by atoms with Gasteiger partial charge in [0.05, 0.1) is 12.1 Å². The number of methoxy groups -OCH3 is 1. The Morgan fingerprint density at radius 3 is 2.86 bits per heavy atom. The van der Waals surface area contributed by atoms with E-state index in [0.717, 1.165) is 38.9 Å². The van der Waals surface area contributed by atoms with Crippen molar-refractivity contribution in [2.45, 2.75) is 25.4 Å². The van der Waals surface area contributed by atoms with E-state index < -0.39 is 0 Å². The van der Waals surface area contributed by atoms with E-state index in [1.54, 1.807) is 19.2 Å². The highest BCUT2D eigenvalue weighted by Crippen LogP contribution is 2.39. The number of nitrogens with zero attached hydrogens (tertiary/aromatic N) is 1. The SMILES string of the molecule is C=CCN1CCCC(Oc2cc(Cl)cc(Cl)c2OC)CC1. The Hall–Kier alpha value is -0.900. The summed E-state index contributed by atoms with van der Waals surface area (Å²) in [6, 6.07) is 3.42. The van der Waals surface area contributed by atoms with Crippen LogP contribution in [-0.4, -0.2) is 37.7 Å². The lowest BCUT2D eigenvalue weighted by Gasteiger charge is -2.20. The molecule has 2 rings (SSSR count). The smallest absolute Gasteiger partial charge is 0.179 e. The van der Waals surface area contributed by atoms with Gasteiger partial charge in [-0.1, -0.05) is 29.3 Å². The van der Waals surface area contributed by atoms with E-state index in [-0.39, 0.29) is 6.10 Å². The fraction of sp³-hybridized carbons (Fsp3) is 0.500. The maximum atomic E-state index is 6.14. The average molecular weight is 330 g/mol. The van der Waals surface area contributed by atoms with Crippen molar-refractivity contribution in [3.63, 3.8) is 0 Å². The molecule has 0 radical (unpaired) electrons. The molecule has 1 unspecified atom stereocenters. The van der Waals surface area contributed by atoms with Gasteiger partial charge in [-0.25, -0.2) is 0 Å². The molecule has 21 heavy (non-hydrogen) atoms. The Kier molecular flexibility index (Phi) is 6.22. The van der Waals surface area contributed by atoms with E-state index in [4.69, 9.17) is 32.7 Å². The van der Waals surface area contributed by atoms with Gasteiger partial charge in [0.2, 0.25) is 0 Å². The average Bonchev–Trinajstić information content (AvgIpc) is 2.65. The quantitative estimate of drug-likeness (QED) is 0.746. The molecular weight excluding hydrogens is 309 g/mol. The van der Waals surface area contributed by atoms with Gasteiger partial charge in [0.15, 0.2) is 11.5 Å². The van der Waals surface area contributed by atoms with E-state index in [1.807, 2.05) is 6.08 Å². The number of hydrogen-bond acceptors (Lipinski definition) is 3. The third-order valence-electron chi connectivity index (χ3n) is 3.63. The Morgan fingerprint density at radius 2 is 2.14 bits per heavy atom. The van der Waals surface area contributed by atoms with Crippen molar-refractivity contribution in [3.8, 4) is 11.5 Å². The summed E-state index contributed by atoms with van der Waals surface area (Å²) in [4.78, 5) is 2.39. The van der Waals surface area contributed by atoms with Gasteiger partial charge in [-0.15, -0.1) is 6.58 Å². The van der Waals surface area contributed by atoms with Crippen LogP contribution < -0.4 is 9.47 Å². The molecule has 0 bridgehead atoms. The Bertz CT molecular complexity index is 493. The van der Waals surface area contributed by atoms with Gasteiger partial charge < -0.3 is 9.47 Å². The second kappa shape index (κ2) is 7.92. The lowest BCUT2D eigenvalue weighted by atomic mass is 10.1. The first-order valence-electron chi connectivity index (χ1n) is 7.17. The molecule has 1 aliphatic rings. The Morgan fingerprint density at radius 1 is 1.33 bits per heavy atom. The molecule has 5 heteroatoms. The van der Waals surface area contributed by atoms with Crippen molar-refractivity contribution >= 4 is 23.2 Å². The molecular formula is C16H21Cl2NO2. The topological polar surface area (TPSA) is 21.7 Å². The van der Waals surface area contributed by atoms with Gasteiger partial charge in [-0.2, -0.15) is 0 Å². The van der Waals surface area contributed by atoms with Gasteiger partial charge in [0, 0.05) is 24.2 Å². The summed E-state index contributed by atoms with van der Waals surface area (Å²) < 4.78 is 11.4. The van der Waals surface area contributed by atoms with Crippen LogP contribution >= 0.6 is 23.2 Å². The molecule has 0 N–H and O–H groups in total. The second-order valence-corrected chi connectivity index (χ2v) is 6.02. The van der Waals surface area contributed by atoms with Crippen LogP contribution in [-0.2, 0) is 0 Å². The van der Waals surface area contributed by atoms with Crippen molar-refractivity contribution in [1.29, 1.82) is 0 Å². The van der Waals surface area contributed by atoms with E-state index in [1.165, 1.54) is 0 Å². The lowest BCUT2D eigenvalue weighted by molar-refractivity contribution is 0.175. The van der Waals surface area contributed by atoms with Crippen LogP contribution in [0.15, 0.2) is 24.8 Å². The zero-order valence-corrected chi connectivity index (χ0v) is 13.8. The fourth-order valence-corrected chi connectivity index (χ4v) is 3.16. The number of rotatable bonds is 5. The second-order valence-electron chi connectivity index (χ2n) is 5.18. The molecule has 1 fully saturated rings. The van der Waals surface area contributed by atoms with Crippen LogP contribution in [0.5, 0.6) is 11.5 Å². The Balaban J connectivity index is 2.06. The first kappa shape index (κ1) is 16.5. The first-order chi connectivity index (χ1) is 10.1. The van der Waals surface area contributed by atoms with Gasteiger partial charge in [-0.3, -0.25) is 4.90 Å². The van der Waals surface area contributed by atoms with E-state index in [2.05, 4.69) is 11.5 Å². The van der Waals surface area contributed by atoms with Crippen molar-refractivity contribution < 1.29 is 9.47 Å². The zero-order chi connectivity index (χ0) is 15.2. The molecule has 0 spiro atoms. The first-order valence-corrected chi connectivity index (χ1v) is 7.92. The maximum absolute atomic E-state index is 6.14. The Labute approximate surface area is 136 Å². The third-order valence-corrected chi connectivity index (χ3v) is 4.13. The number of likely N-dealkylation sites (tertiary alicyclic amines) is 1. The van der Waals surface area contributed by atoms with Crippen molar-refractivity contribution in [2.24, 2.45) is 0 Å². The van der Waals surface area contributed by atoms with Crippen LogP contribution in [0.4, 0.5) is 0 Å². The molecule has 0 saturated carbocycles. The van der Waals surface area contributed by atoms with Gasteiger partial charge in [-0.05, 0) is 31.9 Å². The van der Waals surface area contributed by atoms with Gasteiger partial charge in [0.25, 0.3) is 0 Å². The van der Waals surface area contributed by atoms with E-state index >= 15 is 0 Å². The highest BCUT2D eigenvalue weighted by molar-refractivity contribution is 6.35. The minimum absolute atomic E-state index is 0.156. The summed E-state index contributed by atoms with van der Waals surface area (Å²) >= 11 is 12.2. The molecule has 1 heterocycles. The molecule has 1 aromatic carbocycles. The van der Waals surface area contributed by atoms with Crippen LogP contribution in [0.25, 0.3) is 0 Å². The molecule has 0 aromatic heterocycles. The van der Waals surface area contributed by atoms with E-state index in [0.29, 0.717) is 21.5 Å². The normalized spacial score (nSPS) is 19.9. The summed E-state index contributed by atoms with van der Waals surface area (Å²) in [5, 5.41) is 1.03. The van der Waals surface area contributed by atoms with Gasteiger partial charge >= 0.3 is 0 Å². The predicted octanol–water partition coefficient (Wildman–Crippen LogP) is 4.42. The highest BCUT2D eigenvalue weighted by atomic mass is 35.5. The summed E-state index contributed by atoms with van der Waals surface area (Å²) in [6.45, 7) is 6.81. The summed E-state index contributed by atoms with van der Waals surface area (Å²) in [5.41, 5.74) is 0. The van der Waals surface area contributed by atoms with Crippen LogP contribution in [0.3, 0.4) is 0 Å². The maximum Gasteiger partial charge on any atom is 0.179 e. The number of halogens is 2. The molecule has 1 atom stereocenters. The van der Waals surface area contributed by atoms with Crippen LogP contribution in [0.2, 0.25) is 10.0 Å². The monoisotopic (exact) mass is 329 g/mol. The zero-order valence-electron chi connectivity index (χ0n) is 12.3. The standard InChI is InChI=1S/C16H21Cl2NO2/c1-3-7-19-8-4-5-13(6-9-19)21-15-11-12(17)10-14(18)16(15)20-2/h3,10-11,13H,1,4-9H2,2H3. The molecule has 0 aliphatic carbocycles. The molecule has 0 amide bonds. The van der Waals surface area contributed by atoms with Crippen molar-refractivity contribution in [1.82, 2.24) is 4.90 Å². The summed E-state index contributed by atoms with van der Waals surface area (Å²) in [5.74, 6) is 1.17. The minimum atomic E-state index is 0.156. The summed E-state index contributed by atoms with van der Waals surface area (Å²) in [7, 11) is 1.58. The highest BCUT2D eigenvalue weighted by Gasteiger charge is 2.20. The predicted molar refractivity (Wildman–Crippen MR) is 87.9 cm³/mol.